The normalized spacial score (nSPS) is 11.6. The van der Waals surface area contributed by atoms with Crippen LogP contribution in [0.5, 0.6) is 0 Å². The zero-order valence-electron chi connectivity index (χ0n) is 10.2. The van der Waals surface area contributed by atoms with E-state index in [1.807, 2.05) is 0 Å². The number of aryl methyl sites for hydroxylation is 1. The molecule has 2 rings (SSSR count). The lowest BCUT2D eigenvalue weighted by Crippen LogP contribution is -2.12. The van der Waals surface area contributed by atoms with Crippen LogP contribution in [0.3, 0.4) is 0 Å². The van der Waals surface area contributed by atoms with E-state index in [-0.39, 0.29) is 0 Å². The summed E-state index contributed by atoms with van der Waals surface area (Å²) in [6, 6.07) is 3.01. The van der Waals surface area contributed by atoms with Gasteiger partial charge in [0.05, 0.1) is 11.1 Å². The van der Waals surface area contributed by atoms with Crippen molar-refractivity contribution in [2.75, 3.05) is 0 Å². The third-order valence-corrected chi connectivity index (χ3v) is 3.58. The molecular weight excluding hydrogens is 293 g/mol. The Morgan fingerprint density at radius 1 is 1.40 bits per heavy atom. The Hall–Kier alpha value is -1.96. The highest BCUT2D eigenvalue weighted by atomic mass is 32.2. The molecule has 106 valence electrons. The van der Waals surface area contributed by atoms with Crippen molar-refractivity contribution in [2.45, 2.75) is 16.2 Å². The molecule has 1 aromatic carbocycles. The van der Waals surface area contributed by atoms with Gasteiger partial charge in [-0.3, -0.25) is 0 Å². The van der Waals surface area contributed by atoms with Gasteiger partial charge in [-0.15, -0.1) is 0 Å². The van der Waals surface area contributed by atoms with Crippen LogP contribution in [0.1, 0.15) is 15.9 Å². The van der Waals surface area contributed by atoms with Gasteiger partial charge < -0.3 is 9.67 Å². The molecule has 20 heavy (non-hydrogen) atoms. The Morgan fingerprint density at radius 3 is 2.60 bits per heavy atom. The van der Waals surface area contributed by atoms with E-state index in [1.165, 1.54) is 6.07 Å². The van der Waals surface area contributed by atoms with Crippen LogP contribution in [-0.2, 0) is 13.2 Å². The maximum Gasteiger partial charge on any atom is 0.417 e. The number of halogens is 3. The largest absolute Gasteiger partial charge is 0.478 e. The van der Waals surface area contributed by atoms with Crippen LogP contribution >= 0.6 is 11.8 Å². The number of benzene rings is 1. The van der Waals surface area contributed by atoms with Crippen molar-refractivity contribution in [1.29, 1.82) is 0 Å². The van der Waals surface area contributed by atoms with Gasteiger partial charge in [0, 0.05) is 24.3 Å². The van der Waals surface area contributed by atoms with Gasteiger partial charge in [0.25, 0.3) is 0 Å². The average molecular weight is 302 g/mol. The summed E-state index contributed by atoms with van der Waals surface area (Å²) in [5, 5.41) is 9.46. The lowest BCUT2D eigenvalue weighted by atomic mass is 10.1. The molecule has 0 unspecified atom stereocenters. The first-order chi connectivity index (χ1) is 9.29. The Kier molecular flexibility index (Phi) is 3.76. The summed E-state index contributed by atoms with van der Waals surface area (Å²) in [5.74, 6) is -1.61. The fraction of sp³-hybridized carbons (Fsp3) is 0.167. The molecule has 0 radical (unpaired) electrons. The lowest BCUT2D eigenvalue weighted by Gasteiger charge is -2.11. The van der Waals surface area contributed by atoms with Crippen LogP contribution in [0, 0.1) is 0 Å². The zero-order valence-corrected chi connectivity index (χ0v) is 11.0. The molecule has 0 aliphatic carbocycles. The van der Waals surface area contributed by atoms with Gasteiger partial charge in [-0.05, 0) is 18.2 Å². The maximum atomic E-state index is 12.7. The van der Waals surface area contributed by atoms with Gasteiger partial charge in [0.2, 0.25) is 0 Å². The molecule has 0 saturated heterocycles. The van der Waals surface area contributed by atoms with Gasteiger partial charge in [-0.1, -0.05) is 11.8 Å². The fourth-order valence-corrected chi connectivity index (χ4v) is 2.41. The Labute approximate surface area is 116 Å². The van der Waals surface area contributed by atoms with Crippen LogP contribution in [0.4, 0.5) is 13.2 Å². The van der Waals surface area contributed by atoms with Crippen molar-refractivity contribution in [2.24, 2.45) is 7.05 Å². The lowest BCUT2D eigenvalue weighted by molar-refractivity contribution is -0.138. The first kappa shape index (κ1) is 14.4. The number of aromatic carboxylic acids is 1. The van der Waals surface area contributed by atoms with E-state index in [0.717, 1.165) is 23.9 Å². The molecule has 1 heterocycles. The Bertz CT molecular complexity index is 652. The van der Waals surface area contributed by atoms with Gasteiger partial charge in [-0.25, -0.2) is 9.78 Å². The number of carbonyl (C=O) groups is 1. The van der Waals surface area contributed by atoms with E-state index < -0.39 is 23.3 Å². The molecule has 8 heteroatoms. The van der Waals surface area contributed by atoms with Gasteiger partial charge in [0.1, 0.15) is 0 Å². The van der Waals surface area contributed by atoms with Crippen LogP contribution in [0.15, 0.2) is 40.6 Å². The summed E-state index contributed by atoms with van der Waals surface area (Å²) < 4.78 is 39.8. The molecule has 0 aliphatic heterocycles. The zero-order chi connectivity index (χ0) is 14.9. The highest BCUT2D eigenvalue weighted by molar-refractivity contribution is 7.99. The first-order valence-corrected chi connectivity index (χ1v) is 6.20. The smallest absolute Gasteiger partial charge is 0.417 e. The standard InChI is InChI=1S/C12H9F3N2O2S/c1-17-5-4-16-11(17)20-7-2-3-9(12(13,14)15)8(6-7)10(18)19/h2-6H,1H3,(H,18,19). The molecule has 1 N–H and O–H groups in total. The summed E-state index contributed by atoms with van der Waals surface area (Å²) in [5.41, 5.74) is -1.93. The predicted molar refractivity (Wildman–Crippen MR) is 65.7 cm³/mol. The monoisotopic (exact) mass is 302 g/mol. The molecule has 4 nitrogen and oxygen atoms in total. The predicted octanol–water partition coefficient (Wildman–Crippen LogP) is 3.29. The molecule has 0 fully saturated rings. The third kappa shape index (κ3) is 2.96. The molecule has 0 atom stereocenters. The Morgan fingerprint density at radius 2 is 2.10 bits per heavy atom. The van der Waals surface area contributed by atoms with Crippen molar-refractivity contribution in [3.05, 3.63) is 41.7 Å². The van der Waals surface area contributed by atoms with Crippen molar-refractivity contribution >= 4 is 17.7 Å². The molecule has 0 amide bonds. The number of carboxylic acid groups (broad SMARTS) is 1. The van der Waals surface area contributed by atoms with Crippen LogP contribution < -0.4 is 0 Å². The highest BCUT2D eigenvalue weighted by Gasteiger charge is 2.35. The van der Waals surface area contributed by atoms with E-state index in [0.29, 0.717) is 10.1 Å². The van der Waals surface area contributed by atoms with E-state index in [1.54, 1.807) is 24.0 Å². The number of imidazole rings is 1. The van der Waals surface area contributed by atoms with Crippen molar-refractivity contribution in [3.8, 4) is 0 Å². The summed E-state index contributed by atoms with van der Waals surface area (Å²) >= 11 is 1.09. The minimum Gasteiger partial charge on any atom is -0.478 e. The van der Waals surface area contributed by atoms with Crippen molar-refractivity contribution in [1.82, 2.24) is 9.55 Å². The van der Waals surface area contributed by atoms with Crippen molar-refractivity contribution < 1.29 is 23.1 Å². The van der Waals surface area contributed by atoms with E-state index >= 15 is 0 Å². The van der Waals surface area contributed by atoms with Crippen LogP contribution in [0.2, 0.25) is 0 Å². The summed E-state index contributed by atoms with van der Waals surface area (Å²) in [7, 11) is 1.73. The average Bonchev–Trinajstić information content (AvgIpc) is 2.73. The van der Waals surface area contributed by atoms with Gasteiger partial charge in [0.15, 0.2) is 5.16 Å². The van der Waals surface area contributed by atoms with Crippen LogP contribution in [-0.4, -0.2) is 20.6 Å². The number of carboxylic acids is 1. The van der Waals surface area contributed by atoms with Crippen molar-refractivity contribution in [3.63, 3.8) is 0 Å². The second-order valence-electron chi connectivity index (χ2n) is 3.93. The number of alkyl halides is 3. The second-order valence-corrected chi connectivity index (χ2v) is 4.97. The summed E-state index contributed by atoms with van der Waals surface area (Å²) in [6.45, 7) is 0. The minimum atomic E-state index is -4.69. The molecule has 0 spiro atoms. The number of aromatic nitrogens is 2. The molecule has 0 saturated carbocycles. The number of rotatable bonds is 3. The van der Waals surface area contributed by atoms with E-state index in [2.05, 4.69) is 4.98 Å². The topological polar surface area (TPSA) is 55.1 Å². The number of hydrogen-bond donors (Lipinski definition) is 1. The third-order valence-electron chi connectivity index (χ3n) is 2.51. The number of hydrogen-bond acceptors (Lipinski definition) is 3. The molecule has 0 bridgehead atoms. The first-order valence-electron chi connectivity index (χ1n) is 5.39. The SMILES string of the molecule is Cn1ccnc1Sc1ccc(C(F)(F)F)c(C(=O)O)c1. The molecule has 0 aliphatic rings. The Balaban J connectivity index is 2.41. The molecular formula is C12H9F3N2O2S. The molecule has 2 aromatic rings. The maximum absolute atomic E-state index is 12.7. The summed E-state index contributed by atoms with van der Waals surface area (Å²) in [6.07, 6.45) is -1.46. The fourth-order valence-electron chi connectivity index (χ4n) is 1.57. The van der Waals surface area contributed by atoms with E-state index in [9.17, 15) is 18.0 Å². The minimum absolute atomic E-state index is 0.379. The van der Waals surface area contributed by atoms with E-state index in [4.69, 9.17) is 5.11 Å². The van der Waals surface area contributed by atoms with Gasteiger partial charge in [-0.2, -0.15) is 13.2 Å². The summed E-state index contributed by atoms with van der Waals surface area (Å²) in [4.78, 5) is 15.4. The second kappa shape index (κ2) is 5.20. The molecule has 1 aromatic heterocycles. The highest BCUT2D eigenvalue weighted by Crippen LogP contribution is 2.35. The number of nitrogens with zero attached hydrogens (tertiary/aromatic N) is 2. The quantitative estimate of drug-likeness (QED) is 0.945. The van der Waals surface area contributed by atoms with Gasteiger partial charge >= 0.3 is 12.1 Å². The van der Waals surface area contributed by atoms with Crippen LogP contribution in [0.25, 0.3) is 0 Å².